The van der Waals surface area contributed by atoms with Gasteiger partial charge in [-0.15, -0.1) is 0 Å². The molecule has 0 atom stereocenters. The Labute approximate surface area is 185 Å². The summed E-state index contributed by atoms with van der Waals surface area (Å²) < 4.78 is 28.0. The first-order valence-electron chi connectivity index (χ1n) is 7.23. The molecule has 136 valence electrons. The van der Waals surface area contributed by atoms with Crippen LogP contribution in [0.25, 0.3) is 22.4 Å². The van der Waals surface area contributed by atoms with Crippen molar-refractivity contribution in [2.45, 2.75) is 11.8 Å². The minimum atomic E-state index is -3.70. The van der Waals surface area contributed by atoms with Gasteiger partial charge < -0.3 is 19.5 Å². The molecule has 1 heterocycles. The molecule has 0 bridgehead atoms. The van der Waals surface area contributed by atoms with Crippen LogP contribution in [0.5, 0.6) is 0 Å². The minimum Gasteiger partial charge on any atom is -0.652 e. The average Bonchev–Trinajstić information content (AvgIpc) is 2.96. The number of aryl methyl sites for hydroxylation is 1. The van der Waals surface area contributed by atoms with Crippen LogP contribution < -0.4 is 15.4 Å². The van der Waals surface area contributed by atoms with Gasteiger partial charge in [0, 0.05) is 5.56 Å². The van der Waals surface area contributed by atoms with Crippen molar-refractivity contribution in [2.75, 3.05) is 0 Å². The molecule has 27 heavy (non-hydrogen) atoms. The monoisotopic (exact) mass is 414 g/mol. The van der Waals surface area contributed by atoms with Crippen molar-refractivity contribution in [1.82, 2.24) is 5.16 Å². The van der Waals surface area contributed by atoms with E-state index in [1.807, 2.05) is 37.3 Å². The van der Waals surface area contributed by atoms with E-state index in [2.05, 4.69) is 5.16 Å². The Morgan fingerprint density at radius 3 is 2.00 bits per heavy atom. The van der Waals surface area contributed by atoms with Crippen LogP contribution in [0.15, 0.2) is 64.0 Å². The number of nitrogens with two attached hydrogens (primary N) is 1. The average molecular weight is 414 g/mol. The number of hydrogen-bond donors (Lipinski definition) is 1. The molecule has 0 fully saturated rings. The number of sulfonamides is 1. The zero-order valence-corrected chi connectivity index (χ0v) is 17.3. The summed E-state index contributed by atoms with van der Waals surface area (Å²) >= 11 is 0. The van der Waals surface area contributed by atoms with Gasteiger partial charge in [-0.25, -0.2) is 13.6 Å². The van der Waals surface area contributed by atoms with E-state index in [0.29, 0.717) is 5.76 Å². The van der Waals surface area contributed by atoms with Crippen LogP contribution >= 0.6 is 0 Å². The predicted octanol–water partition coefficient (Wildman–Crippen LogP) is 0.137. The largest absolute Gasteiger partial charge is 2.00 e. The molecule has 10 heteroatoms. The SMILES string of the molecule is Cc1onc(-c2ccccc2)c1-c1ccc(S(N)(=O)=O)cc1.O=C([O-])[O-].[Ca+2]. The molecule has 0 aliphatic carbocycles. The van der Waals surface area contributed by atoms with Gasteiger partial charge in [-0.2, -0.15) is 0 Å². The third-order valence-electron chi connectivity index (χ3n) is 3.38. The Kier molecular flexibility index (Phi) is 8.45. The summed E-state index contributed by atoms with van der Waals surface area (Å²) in [6.07, 6.45) is -2.33. The maximum absolute atomic E-state index is 11.3. The summed E-state index contributed by atoms with van der Waals surface area (Å²) in [6.45, 7) is 1.82. The Morgan fingerprint density at radius 1 is 1.00 bits per heavy atom. The Bertz CT molecular complexity index is 998. The Hall–Kier alpha value is -1.91. The number of carbonyl (C=O) groups is 1. The van der Waals surface area contributed by atoms with E-state index in [1.165, 1.54) is 12.1 Å². The quantitative estimate of drug-likeness (QED) is 0.599. The zero-order chi connectivity index (χ0) is 19.3. The van der Waals surface area contributed by atoms with Crippen molar-refractivity contribution in [3.63, 3.8) is 0 Å². The van der Waals surface area contributed by atoms with Crippen molar-refractivity contribution in [2.24, 2.45) is 5.14 Å². The molecule has 3 aromatic rings. The molecule has 0 spiro atoms. The number of rotatable bonds is 3. The van der Waals surface area contributed by atoms with Crippen LogP contribution in [0.2, 0.25) is 0 Å². The summed E-state index contributed by atoms with van der Waals surface area (Å²) in [5.74, 6) is 0.669. The molecule has 8 nitrogen and oxygen atoms in total. The maximum Gasteiger partial charge on any atom is 2.00 e. The van der Waals surface area contributed by atoms with Crippen molar-refractivity contribution < 1.29 is 27.9 Å². The zero-order valence-electron chi connectivity index (χ0n) is 14.3. The molecule has 1 aromatic heterocycles. The minimum absolute atomic E-state index is 0. The number of aromatic nitrogens is 1. The van der Waals surface area contributed by atoms with Gasteiger partial charge in [-0.05, 0) is 30.8 Å². The standard InChI is InChI=1S/C16H14N2O3S.CH2O3.Ca/c1-11-15(12-7-9-14(10-8-12)22(17,19)20)16(18-21-11)13-5-3-2-4-6-13;2-1(3)4;/h2-10H,1H3,(H2,17,19,20);(H2,2,3,4);/q;;+2/p-2. The Morgan fingerprint density at radius 2 is 1.52 bits per heavy atom. The van der Waals surface area contributed by atoms with Crippen LogP contribution in [0.4, 0.5) is 4.79 Å². The van der Waals surface area contributed by atoms with Crippen molar-refractivity contribution in [3.05, 3.63) is 60.4 Å². The molecule has 0 amide bonds. The summed E-state index contributed by atoms with van der Waals surface area (Å²) in [5.41, 5.74) is 3.32. The number of carboxylic acid groups (broad SMARTS) is 2. The van der Waals surface area contributed by atoms with Gasteiger partial charge in [0.1, 0.15) is 11.5 Å². The van der Waals surface area contributed by atoms with Crippen molar-refractivity contribution in [3.8, 4) is 22.4 Å². The van der Waals surface area contributed by atoms with Crippen LogP contribution in [0.1, 0.15) is 5.76 Å². The smallest absolute Gasteiger partial charge is 0.652 e. The summed E-state index contributed by atoms with van der Waals surface area (Å²) in [5, 5.41) is 25.9. The van der Waals surface area contributed by atoms with Crippen LogP contribution in [0, 0.1) is 6.92 Å². The number of benzene rings is 2. The van der Waals surface area contributed by atoms with Crippen LogP contribution in [-0.4, -0.2) is 57.5 Å². The van der Waals surface area contributed by atoms with Gasteiger partial charge in [0.2, 0.25) is 10.0 Å². The van der Waals surface area contributed by atoms with Crippen LogP contribution in [0.3, 0.4) is 0 Å². The van der Waals surface area contributed by atoms with Gasteiger partial charge in [-0.3, -0.25) is 0 Å². The molecule has 0 radical (unpaired) electrons. The van der Waals surface area contributed by atoms with Gasteiger partial charge >= 0.3 is 37.7 Å². The second-order valence-electron chi connectivity index (χ2n) is 5.15. The molecule has 0 unspecified atom stereocenters. The third-order valence-corrected chi connectivity index (χ3v) is 4.31. The molecule has 0 aliphatic heterocycles. The molecule has 3 rings (SSSR count). The first kappa shape index (κ1) is 23.1. The maximum atomic E-state index is 11.3. The molecule has 0 aliphatic rings. The van der Waals surface area contributed by atoms with E-state index in [0.717, 1.165) is 22.4 Å². The number of nitrogens with zero attached hydrogens (tertiary/aromatic N) is 1. The third kappa shape index (κ3) is 6.33. The van der Waals surface area contributed by atoms with E-state index >= 15 is 0 Å². The van der Waals surface area contributed by atoms with E-state index in [9.17, 15) is 8.42 Å². The molecule has 2 aromatic carbocycles. The Balaban J connectivity index is 0.000000666. The van der Waals surface area contributed by atoms with Gasteiger partial charge in [-0.1, -0.05) is 47.6 Å². The summed E-state index contributed by atoms with van der Waals surface area (Å²) in [4.78, 5) is 8.41. The van der Waals surface area contributed by atoms with Gasteiger partial charge in [0.05, 0.1) is 10.5 Å². The van der Waals surface area contributed by atoms with Crippen molar-refractivity contribution >= 4 is 53.9 Å². The summed E-state index contributed by atoms with van der Waals surface area (Å²) in [6, 6.07) is 16.0. The molecular formula is C17H14CaN2O6S. The first-order chi connectivity index (χ1) is 12.2. The molecule has 0 saturated heterocycles. The number of primary sulfonamides is 1. The fourth-order valence-corrected chi connectivity index (χ4v) is 2.83. The van der Waals surface area contributed by atoms with Gasteiger partial charge in [0.25, 0.3) is 0 Å². The van der Waals surface area contributed by atoms with Crippen LogP contribution in [-0.2, 0) is 10.0 Å². The van der Waals surface area contributed by atoms with Gasteiger partial charge in [0.15, 0.2) is 0 Å². The van der Waals surface area contributed by atoms with E-state index < -0.39 is 16.2 Å². The predicted molar refractivity (Wildman–Crippen MR) is 94.6 cm³/mol. The molecule has 0 saturated carbocycles. The second kappa shape index (κ2) is 9.86. The number of hydrogen-bond acceptors (Lipinski definition) is 7. The fourth-order valence-electron chi connectivity index (χ4n) is 2.32. The fraction of sp³-hybridized carbons (Fsp3) is 0.0588. The summed E-state index contributed by atoms with van der Waals surface area (Å²) in [7, 11) is -3.70. The first-order valence-corrected chi connectivity index (χ1v) is 8.77. The molecule has 2 N–H and O–H groups in total. The topological polar surface area (TPSA) is 149 Å². The van der Waals surface area contributed by atoms with Crippen molar-refractivity contribution in [1.29, 1.82) is 0 Å². The number of carbonyl (C=O) groups excluding carboxylic acids is 1. The van der Waals surface area contributed by atoms with E-state index in [-0.39, 0.29) is 42.6 Å². The second-order valence-corrected chi connectivity index (χ2v) is 6.71. The normalized spacial score (nSPS) is 10.3. The van der Waals surface area contributed by atoms with E-state index in [1.54, 1.807) is 12.1 Å². The van der Waals surface area contributed by atoms with E-state index in [4.69, 9.17) is 24.7 Å². The molecular weight excluding hydrogens is 400 g/mol.